The first-order valence-corrected chi connectivity index (χ1v) is 19.3. The molecular formula is C45H57N7O4. The summed E-state index contributed by atoms with van der Waals surface area (Å²) in [4.78, 5) is 58.7. The van der Waals surface area contributed by atoms with E-state index in [4.69, 9.17) is 11.5 Å². The Morgan fingerprint density at radius 1 is 0.589 bits per heavy atom. The quantitative estimate of drug-likeness (QED) is 0.189. The number of carbonyl (C=O) groups excluding carboxylic acids is 4. The summed E-state index contributed by atoms with van der Waals surface area (Å²) in [6.07, 6.45) is 1.46. The fraction of sp³-hybridized carbons (Fsp3) is 0.378. The van der Waals surface area contributed by atoms with E-state index in [1.807, 2.05) is 164 Å². The summed E-state index contributed by atoms with van der Waals surface area (Å²) >= 11 is 0. The minimum atomic E-state index is -0.971. The van der Waals surface area contributed by atoms with Crippen LogP contribution in [0.25, 0.3) is 0 Å². The molecule has 2 aliphatic rings. The van der Waals surface area contributed by atoms with Crippen LogP contribution in [0.15, 0.2) is 121 Å². The van der Waals surface area contributed by atoms with Crippen molar-refractivity contribution in [1.82, 2.24) is 24.9 Å². The highest BCUT2D eigenvalue weighted by Gasteiger charge is 2.51. The molecule has 0 radical (unpaired) electrons. The molecule has 0 bridgehead atoms. The van der Waals surface area contributed by atoms with Crippen molar-refractivity contribution in [3.05, 3.63) is 144 Å². The van der Waals surface area contributed by atoms with Gasteiger partial charge in [0.05, 0.1) is 6.54 Å². The van der Waals surface area contributed by atoms with E-state index in [2.05, 4.69) is 5.32 Å². The van der Waals surface area contributed by atoms with Gasteiger partial charge in [-0.25, -0.2) is 4.79 Å². The molecule has 2 unspecified atom stereocenters. The highest BCUT2D eigenvalue weighted by molar-refractivity contribution is 5.92. The van der Waals surface area contributed by atoms with E-state index in [9.17, 15) is 19.2 Å². The predicted molar refractivity (Wildman–Crippen MR) is 221 cm³/mol. The Hall–Kier alpha value is -5.52. The van der Waals surface area contributed by atoms with Gasteiger partial charge in [-0.1, -0.05) is 121 Å². The van der Waals surface area contributed by atoms with Gasteiger partial charge in [0.2, 0.25) is 17.7 Å². The Morgan fingerprint density at radius 2 is 0.946 bits per heavy atom. The average molecular weight is 760 g/mol. The van der Waals surface area contributed by atoms with E-state index in [0.29, 0.717) is 45.7 Å². The van der Waals surface area contributed by atoms with Crippen molar-refractivity contribution in [1.29, 1.82) is 0 Å². The number of rotatable bonds is 13. The van der Waals surface area contributed by atoms with Gasteiger partial charge in [-0.15, -0.1) is 0 Å². The van der Waals surface area contributed by atoms with Crippen molar-refractivity contribution in [3.63, 3.8) is 0 Å². The lowest BCUT2D eigenvalue weighted by Crippen LogP contribution is -2.50. The summed E-state index contributed by atoms with van der Waals surface area (Å²) in [6.45, 7) is 4.00. The van der Waals surface area contributed by atoms with Gasteiger partial charge in [0, 0.05) is 51.1 Å². The van der Waals surface area contributed by atoms with Gasteiger partial charge in [0.15, 0.2) is 0 Å². The van der Waals surface area contributed by atoms with E-state index in [1.54, 1.807) is 4.90 Å². The van der Waals surface area contributed by atoms with Crippen molar-refractivity contribution >= 4 is 23.8 Å². The van der Waals surface area contributed by atoms with Gasteiger partial charge in [-0.3, -0.25) is 14.4 Å². The van der Waals surface area contributed by atoms with Crippen molar-refractivity contribution in [3.8, 4) is 0 Å². The van der Waals surface area contributed by atoms with Crippen LogP contribution in [0.5, 0.6) is 0 Å². The number of nitrogens with one attached hydrogen (secondary N) is 1. The summed E-state index contributed by atoms with van der Waals surface area (Å²) in [5, 5.41) is 2.97. The smallest absolute Gasteiger partial charge is 0.317 e. The summed E-state index contributed by atoms with van der Waals surface area (Å²) in [5.74, 6) is -0.820. The first kappa shape index (κ1) is 41.6. The zero-order valence-corrected chi connectivity index (χ0v) is 33.1. The van der Waals surface area contributed by atoms with E-state index < -0.39 is 10.8 Å². The Morgan fingerprint density at radius 3 is 1.29 bits per heavy atom. The lowest BCUT2D eigenvalue weighted by molar-refractivity contribution is -0.131. The number of nitrogens with two attached hydrogens (primary N) is 2. The van der Waals surface area contributed by atoms with Crippen molar-refractivity contribution in [2.75, 3.05) is 74.0 Å². The molecule has 0 aliphatic carbocycles. The van der Waals surface area contributed by atoms with Gasteiger partial charge in [0.25, 0.3) is 0 Å². The zero-order valence-electron chi connectivity index (χ0n) is 33.1. The molecule has 4 aromatic carbocycles. The number of amides is 5. The molecule has 11 nitrogen and oxygen atoms in total. The fourth-order valence-electron chi connectivity index (χ4n) is 8.56. The maximum absolute atomic E-state index is 13.0. The average Bonchev–Trinajstić information content (AvgIpc) is 3.89. The highest BCUT2D eigenvalue weighted by atomic mass is 16.2. The monoisotopic (exact) mass is 759 g/mol. The number of carbonyl (C=O) groups is 4. The third kappa shape index (κ3) is 8.95. The molecule has 11 heteroatoms. The maximum atomic E-state index is 13.0. The van der Waals surface area contributed by atoms with Gasteiger partial charge < -0.3 is 36.4 Å². The molecule has 6 rings (SSSR count). The first-order valence-electron chi connectivity index (χ1n) is 19.3. The maximum Gasteiger partial charge on any atom is 0.317 e. The van der Waals surface area contributed by atoms with Gasteiger partial charge >= 0.3 is 6.03 Å². The van der Waals surface area contributed by atoms with Crippen LogP contribution in [0.1, 0.15) is 35.1 Å². The molecule has 0 spiro atoms. The standard InChI is InChI=1S/C23H30N4O2.C22H27N3O2/c1-26(2)16-14-25-22(29)27-15-13-20(17-27)23(21(24)28,18-9-5-3-6-10-18)19-11-7-4-8-12-19;1-24(2)16-20(26)25-14-13-19(15-25)22(21(23)27,17-9-5-3-6-10-17)18-11-7-4-8-12-18/h3-12,20H,13-17H2,1-2H3,(H2,24,28)(H,25,29);3-12,19H,13-16H2,1-2H3,(H2,23,27). The molecule has 296 valence electrons. The number of urea groups is 1. The largest absolute Gasteiger partial charge is 0.369 e. The van der Waals surface area contributed by atoms with Gasteiger partial charge in [-0.2, -0.15) is 0 Å². The van der Waals surface area contributed by atoms with Crippen LogP contribution >= 0.6 is 0 Å². The number of hydrogen-bond donors (Lipinski definition) is 3. The SMILES string of the molecule is CN(C)CC(=O)N1CCC(C(C(N)=O)(c2ccccc2)c2ccccc2)C1.CN(C)CCNC(=O)N1CCC(C(C(N)=O)(c2ccccc2)c2ccccc2)C1. The lowest BCUT2D eigenvalue weighted by Gasteiger charge is -2.37. The second kappa shape index (κ2) is 18.9. The molecule has 2 saturated heterocycles. The molecule has 5 amide bonds. The molecule has 2 aliphatic heterocycles. The minimum Gasteiger partial charge on any atom is -0.369 e. The number of nitrogens with zero attached hydrogens (tertiary/aromatic N) is 4. The van der Waals surface area contributed by atoms with E-state index in [1.165, 1.54) is 0 Å². The summed E-state index contributed by atoms with van der Waals surface area (Å²) in [7, 11) is 7.71. The number of primary amides is 2. The van der Waals surface area contributed by atoms with Crippen molar-refractivity contribution < 1.29 is 19.2 Å². The lowest BCUT2D eigenvalue weighted by atomic mass is 9.64. The molecule has 5 N–H and O–H groups in total. The van der Waals surface area contributed by atoms with Crippen LogP contribution in [-0.2, 0) is 25.2 Å². The highest BCUT2D eigenvalue weighted by Crippen LogP contribution is 2.45. The molecule has 4 aromatic rings. The Bertz CT molecular complexity index is 1810. The number of likely N-dealkylation sites (tertiary alicyclic amines) is 2. The molecule has 56 heavy (non-hydrogen) atoms. The predicted octanol–water partition coefficient (Wildman–Crippen LogP) is 3.92. The molecule has 2 fully saturated rings. The molecular weight excluding hydrogens is 703 g/mol. The molecule has 0 saturated carbocycles. The van der Waals surface area contributed by atoms with Crippen LogP contribution in [0.2, 0.25) is 0 Å². The van der Waals surface area contributed by atoms with Gasteiger partial charge in [-0.05, 0) is 63.3 Å². The van der Waals surface area contributed by atoms with Crippen molar-refractivity contribution in [2.45, 2.75) is 23.7 Å². The Labute approximate surface area is 331 Å². The van der Waals surface area contributed by atoms with E-state index in [-0.39, 0.29) is 35.6 Å². The normalized spacial score (nSPS) is 17.0. The summed E-state index contributed by atoms with van der Waals surface area (Å²) in [6, 6.07) is 38.7. The molecule has 2 heterocycles. The molecule has 2 atom stereocenters. The number of likely N-dealkylation sites (N-methyl/N-ethyl adjacent to an activating group) is 2. The van der Waals surface area contributed by atoms with Crippen LogP contribution in [0, 0.1) is 11.8 Å². The third-order valence-electron chi connectivity index (χ3n) is 11.2. The van der Waals surface area contributed by atoms with Crippen LogP contribution < -0.4 is 16.8 Å². The second-order valence-electron chi connectivity index (χ2n) is 15.3. The van der Waals surface area contributed by atoms with Crippen LogP contribution in [-0.4, -0.2) is 117 Å². The number of hydrogen-bond acceptors (Lipinski definition) is 6. The first-order chi connectivity index (χ1) is 26.9. The van der Waals surface area contributed by atoms with Gasteiger partial charge in [0.1, 0.15) is 10.8 Å². The van der Waals surface area contributed by atoms with E-state index in [0.717, 1.165) is 35.2 Å². The van der Waals surface area contributed by atoms with E-state index >= 15 is 0 Å². The third-order valence-corrected chi connectivity index (χ3v) is 11.2. The fourth-order valence-corrected chi connectivity index (χ4v) is 8.56. The summed E-state index contributed by atoms with van der Waals surface area (Å²) in [5.41, 5.74) is 13.8. The van der Waals surface area contributed by atoms with Crippen LogP contribution in [0.4, 0.5) is 4.79 Å². The van der Waals surface area contributed by atoms with Crippen LogP contribution in [0.3, 0.4) is 0 Å². The topological polar surface area (TPSA) is 145 Å². The molecule has 0 aromatic heterocycles. The second-order valence-corrected chi connectivity index (χ2v) is 15.3. The zero-order chi connectivity index (χ0) is 40.3. The number of benzene rings is 4. The van der Waals surface area contributed by atoms with Crippen molar-refractivity contribution in [2.24, 2.45) is 23.3 Å². The Balaban J connectivity index is 0.000000215. The summed E-state index contributed by atoms with van der Waals surface area (Å²) < 4.78 is 0. The Kier molecular flexibility index (Phi) is 14.0. The minimum absolute atomic E-state index is 0.0640.